The fraction of sp³-hybridized carbons (Fsp3) is 0.524. The van der Waals surface area contributed by atoms with E-state index in [9.17, 15) is 14.7 Å². The molecule has 1 amide bonds. The van der Waals surface area contributed by atoms with Crippen molar-refractivity contribution in [2.75, 3.05) is 13.1 Å². The second kappa shape index (κ2) is 8.12. The summed E-state index contributed by atoms with van der Waals surface area (Å²) in [7, 11) is 0. The van der Waals surface area contributed by atoms with Gasteiger partial charge in [0.05, 0.1) is 5.92 Å². The van der Waals surface area contributed by atoms with Crippen LogP contribution in [0, 0.1) is 5.92 Å². The quantitative estimate of drug-likeness (QED) is 0.821. The largest absolute Gasteiger partial charge is 0.481 e. The van der Waals surface area contributed by atoms with Crippen LogP contribution >= 0.6 is 0 Å². The van der Waals surface area contributed by atoms with Gasteiger partial charge in [0.2, 0.25) is 11.8 Å². The van der Waals surface area contributed by atoms with Crippen molar-refractivity contribution in [2.45, 2.75) is 51.4 Å². The Morgan fingerprint density at radius 1 is 1.21 bits per heavy atom. The molecule has 1 aliphatic heterocycles. The van der Waals surface area contributed by atoms with Crippen LogP contribution in [-0.4, -0.2) is 45.1 Å². The smallest absolute Gasteiger partial charge is 0.308 e. The first-order chi connectivity index (χ1) is 13.3. The number of aromatic nitrogens is 2. The van der Waals surface area contributed by atoms with Crippen molar-refractivity contribution in [3.8, 4) is 0 Å². The summed E-state index contributed by atoms with van der Waals surface area (Å²) in [6, 6.07) is 9.55. The maximum atomic E-state index is 12.6. The van der Waals surface area contributed by atoms with Crippen LogP contribution in [0.1, 0.15) is 56.8 Å². The predicted molar refractivity (Wildman–Crippen MR) is 103 cm³/mol. The molecule has 2 aromatic rings. The van der Waals surface area contributed by atoms with E-state index in [1.807, 2.05) is 51.1 Å². The molecule has 0 spiro atoms. The minimum atomic E-state index is -0.857. The number of likely N-dealkylation sites (tertiary alicyclic amines) is 1. The molecule has 0 aliphatic carbocycles. The van der Waals surface area contributed by atoms with Gasteiger partial charge in [-0.05, 0) is 12.0 Å². The van der Waals surface area contributed by atoms with Gasteiger partial charge in [-0.15, -0.1) is 0 Å². The lowest BCUT2D eigenvalue weighted by molar-refractivity contribution is -0.141. The van der Waals surface area contributed by atoms with Gasteiger partial charge in [-0.3, -0.25) is 9.59 Å². The molecule has 1 fully saturated rings. The van der Waals surface area contributed by atoms with E-state index >= 15 is 0 Å². The average Bonchev–Trinajstić information content (AvgIpc) is 3.29. The SMILES string of the molecule is CC(C)(C)c1noc(CCCC(=O)N2CC(C(=O)O)C(c3ccccc3)C2)n1. The summed E-state index contributed by atoms with van der Waals surface area (Å²) in [6.07, 6.45) is 1.46. The van der Waals surface area contributed by atoms with Crippen molar-refractivity contribution in [3.05, 3.63) is 47.6 Å². The number of hydrogen-bond donors (Lipinski definition) is 1. The molecule has 2 unspecified atom stereocenters. The highest BCUT2D eigenvalue weighted by Gasteiger charge is 2.40. The number of amides is 1. The van der Waals surface area contributed by atoms with Crippen molar-refractivity contribution in [2.24, 2.45) is 5.92 Å². The third-order valence-corrected chi connectivity index (χ3v) is 5.14. The summed E-state index contributed by atoms with van der Waals surface area (Å²) in [5.41, 5.74) is 0.788. The second-order valence-electron chi connectivity index (χ2n) is 8.38. The Labute approximate surface area is 164 Å². The van der Waals surface area contributed by atoms with E-state index in [-0.39, 0.29) is 23.8 Å². The molecule has 7 nitrogen and oxygen atoms in total. The fourth-order valence-electron chi connectivity index (χ4n) is 3.51. The maximum Gasteiger partial charge on any atom is 0.308 e. The number of carboxylic acids is 1. The molecule has 1 aromatic heterocycles. The van der Waals surface area contributed by atoms with Crippen LogP contribution in [0.4, 0.5) is 0 Å². The highest BCUT2D eigenvalue weighted by Crippen LogP contribution is 2.33. The van der Waals surface area contributed by atoms with Crippen molar-refractivity contribution >= 4 is 11.9 Å². The maximum absolute atomic E-state index is 12.6. The van der Waals surface area contributed by atoms with Gasteiger partial charge in [0.15, 0.2) is 5.82 Å². The predicted octanol–water partition coefficient (Wildman–Crippen LogP) is 3.02. The number of rotatable bonds is 6. The Hall–Kier alpha value is -2.70. The molecule has 150 valence electrons. The molecule has 0 saturated carbocycles. The fourth-order valence-corrected chi connectivity index (χ4v) is 3.51. The summed E-state index contributed by atoms with van der Waals surface area (Å²) in [6.45, 7) is 6.73. The number of carbonyl (C=O) groups is 2. The molecule has 1 aliphatic rings. The second-order valence-corrected chi connectivity index (χ2v) is 8.38. The van der Waals surface area contributed by atoms with E-state index in [2.05, 4.69) is 10.1 Å². The highest BCUT2D eigenvalue weighted by atomic mass is 16.5. The lowest BCUT2D eigenvalue weighted by atomic mass is 9.89. The minimum absolute atomic E-state index is 0.0276. The minimum Gasteiger partial charge on any atom is -0.481 e. The van der Waals surface area contributed by atoms with Gasteiger partial charge in [0, 0.05) is 37.3 Å². The van der Waals surface area contributed by atoms with Crippen LogP contribution in [0.2, 0.25) is 0 Å². The zero-order valence-corrected chi connectivity index (χ0v) is 16.6. The van der Waals surface area contributed by atoms with Crippen LogP contribution in [0.5, 0.6) is 0 Å². The van der Waals surface area contributed by atoms with Crippen LogP contribution in [0.15, 0.2) is 34.9 Å². The number of aryl methyl sites for hydroxylation is 1. The third-order valence-electron chi connectivity index (χ3n) is 5.14. The van der Waals surface area contributed by atoms with E-state index in [4.69, 9.17) is 4.52 Å². The van der Waals surface area contributed by atoms with Crippen molar-refractivity contribution in [1.29, 1.82) is 0 Å². The molecular formula is C21H27N3O4. The van der Waals surface area contributed by atoms with Gasteiger partial charge in [0.1, 0.15) is 0 Å². The number of carboxylic acid groups (broad SMARTS) is 1. The summed E-state index contributed by atoms with van der Waals surface area (Å²) < 4.78 is 5.26. The Kier molecular flexibility index (Phi) is 5.82. The first kappa shape index (κ1) is 20.0. The third kappa shape index (κ3) is 4.58. The molecular weight excluding hydrogens is 358 g/mol. The van der Waals surface area contributed by atoms with Crippen LogP contribution in [0.3, 0.4) is 0 Å². The van der Waals surface area contributed by atoms with E-state index in [1.54, 1.807) is 4.90 Å². The van der Waals surface area contributed by atoms with Gasteiger partial charge in [-0.25, -0.2) is 0 Å². The molecule has 2 heterocycles. The molecule has 0 bridgehead atoms. The molecule has 0 radical (unpaired) electrons. The summed E-state index contributed by atoms with van der Waals surface area (Å²) >= 11 is 0. The van der Waals surface area contributed by atoms with E-state index in [1.165, 1.54) is 0 Å². The topological polar surface area (TPSA) is 96.5 Å². The van der Waals surface area contributed by atoms with Crippen LogP contribution in [-0.2, 0) is 21.4 Å². The normalized spacial score (nSPS) is 19.8. The average molecular weight is 385 g/mol. The van der Waals surface area contributed by atoms with Crippen molar-refractivity contribution < 1.29 is 19.2 Å². The van der Waals surface area contributed by atoms with E-state index < -0.39 is 11.9 Å². The molecule has 28 heavy (non-hydrogen) atoms. The summed E-state index contributed by atoms with van der Waals surface area (Å²) in [5.74, 6) is -0.442. The zero-order valence-electron chi connectivity index (χ0n) is 16.6. The van der Waals surface area contributed by atoms with Crippen molar-refractivity contribution in [1.82, 2.24) is 15.0 Å². The Balaban J connectivity index is 1.56. The van der Waals surface area contributed by atoms with E-state index in [0.717, 1.165) is 5.56 Å². The molecule has 7 heteroatoms. The van der Waals surface area contributed by atoms with Crippen molar-refractivity contribution in [3.63, 3.8) is 0 Å². The molecule has 1 N–H and O–H groups in total. The first-order valence-electron chi connectivity index (χ1n) is 9.64. The van der Waals surface area contributed by atoms with Gasteiger partial charge >= 0.3 is 5.97 Å². The molecule has 2 atom stereocenters. The van der Waals surface area contributed by atoms with Gasteiger partial charge in [-0.2, -0.15) is 4.98 Å². The molecule has 1 aromatic carbocycles. The number of nitrogens with zero attached hydrogens (tertiary/aromatic N) is 3. The zero-order chi connectivity index (χ0) is 20.3. The number of hydrogen-bond acceptors (Lipinski definition) is 5. The lowest BCUT2D eigenvalue weighted by Gasteiger charge is -2.16. The van der Waals surface area contributed by atoms with E-state index in [0.29, 0.717) is 37.5 Å². The Morgan fingerprint density at radius 3 is 2.54 bits per heavy atom. The van der Waals surface area contributed by atoms with Gasteiger partial charge < -0.3 is 14.5 Å². The van der Waals surface area contributed by atoms with Crippen LogP contribution < -0.4 is 0 Å². The molecule has 1 saturated heterocycles. The Morgan fingerprint density at radius 2 is 1.93 bits per heavy atom. The lowest BCUT2D eigenvalue weighted by Crippen LogP contribution is -2.29. The van der Waals surface area contributed by atoms with Gasteiger partial charge in [-0.1, -0.05) is 56.3 Å². The van der Waals surface area contributed by atoms with Gasteiger partial charge in [0.25, 0.3) is 0 Å². The summed E-state index contributed by atoms with van der Waals surface area (Å²) in [5, 5.41) is 13.6. The van der Waals surface area contributed by atoms with Crippen LogP contribution in [0.25, 0.3) is 0 Å². The Bertz CT molecular complexity index is 826. The summed E-state index contributed by atoms with van der Waals surface area (Å²) in [4.78, 5) is 30.3. The molecule has 3 rings (SSSR count). The number of benzene rings is 1. The number of aliphatic carboxylic acids is 1. The first-order valence-corrected chi connectivity index (χ1v) is 9.64. The highest BCUT2D eigenvalue weighted by molar-refractivity contribution is 5.79. The standard InChI is InChI=1S/C21H27N3O4/c1-21(2,3)20-22-17(28-23-20)10-7-11-18(25)24-12-15(16(13-24)19(26)27)14-8-5-4-6-9-14/h4-6,8-9,15-16H,7,10-13H2,1-3H3,(H,26,27). The monoisotopic (exact) mass is 385 g/mol. The number of carbonyl (C=O) groups excluding carboxylic acids is 1.